The monoisotopic (exact) mass is 276 g/mol. The number of aliphatic hydroxyl groups excluding tert-OH is 1. The lowest BCUT2D eigenvalue weighted by Gasteiger charge is -2.13. The van der Waals surface area contributed by atoms with Crippen molar-refractivity contribution in [2.75, 3.05) is 7.11 Å². The van der Waals surface area contributed by atoms with Gasteiger partial charge in [0.15, 0.2) is 0 Å². The number of aryl methyl sites for hydroxylation is 1. The van der Waals surface area contributed by atoms with Crippen LogP contribution in [0.25, 0.3) is 0 Å². The van der Waals surface area contributed by atoms with Crippen LogP contribution in [0.3, 0.4) is 0 Å². The Morgan fingerprint density at radius 1 is 1.21 bits per heavy atom. The van der Waals surface area contributed by atoms with Gasteiger partial charge in [0.05, 0.1) is 13.2 Å². The number of hydrogen-bond donors (Lipinski definition) is 1. The fourth-order valence-corrected chi connectivity index (χ4v) is 2.40. The molecule has 19 heavy (non-hydrogen) atoms. The highest BCUT2D eigenvalue weighted by molar-refractivity contribution is 6.30. The van der Waals surface area contributed by atoms with Gasteiger partial charge >= 0.3 is 0 Å². The molecule has 0 saturated heterocycles. The maximum Gasteiger partial charge on any atom is 0.119 e. The van der Waals surface area contributed by atoms with Gasteiger partial charge in [-0.3, -0.25) is 0 Å². The molecule has 0 aliphatic rings. The van der Waals surface area contributed by atoms with Crippen LogP contribution in [0.15, 0.2) is 42.5 Å². The smallest absolute Gasteiger partial charge is 0.119 e. The number of hydrogen-bond acceptors (Lipinski definition) is 2. The predicted molar refractivity (Wildman–Crippen MR) is 77.8 cm³/mol. The Kier molecular flexibility index (Phi) is 4.46. The average Bonchev–Trinajstić information content (AvgIpc) is 2.37. The largest absolute Gasteiger partial charge is 0.497 e. The minimum Gasteiger partial charge on any atom is -0.497 e. The Hall–Kier alpha value is -1.51. The number of methoxy groups -OCH3 is 1. The molecule has 1 N–H and O–H groups in total. The summed E-state index contributed by atoms with van der Waals surface area (Å²) < 4.78 is 5.18. The van der Waals surface area contributed by atoms with Gasteiger partial charge < -0.3 is 9.84 Å². The predicted octanol–water partition coefficient (Wildman–Crippen LogP) is 3.93. The lowest BCUT2D eigenvalue weighted by molar-refractivity contribution is 0.178. The topological polar surface area (TPSA) is 29.5 Å². The van der Waals surface area contributed by atoms with Crippen molar-refractivity contribution in [1.29, 1.82) is 0 Å². The first-order chi connectivity index (χ1) is 9.08. The third kappa shape index (κ3) is 3.72. The molecule has 0 saturated carbocycles. The second kappa shape index (κ2) is 6.09. The van der Waals surface area contributed by atoms with Crippen molar-refractivity contribution in [3.05, 3.63) is 64.2 Å². The summed E-state index contributed by atoms with van der Waals surface area (Å²) in [5.41, 5.74) is 2.92. The highest BCUT2D eigenvalue weighted by atomic mass is 35.5. The molecular weight excluding hydrogens is 260 g/mol. The second-order valence-electron chi connectivity index (χ2n) is 4.63. The zero-order valence-corrected chi connectivity index (χ0v) is 11.8. The summed E-state index contributed by atoms with van der Waals surface area (Å²) in [5.74, 6) is 0.798. The van der Waals surface area contributed by atoms with E-state index in [1.54, 1.807) is 13.2 Å². The first-order valence-electron chi connectivity index (χ1n) is 6.16. The highest BCUT2D eigenvalue weighted by Gasteiger charge is 2.10. The SMILES string of the molecule is COc1cccc(CC(O)c2cc(C)cc(Cl)c2)c1. The Bertz CT molecular complexity index is 546. The van der Waals surface area contributed by atoms with Crippen LogP contribution in [0.5, 0.6) is 5.75 Å². The fraction of sp³-hybridized carbons (Fsp3) is 0.250. The van der Waals surface area contributed by atoms with Crippen molar-refractivity contribution < 1.29 is 9.84 Å². The van der Waals surface area contributed by atoms with Gasteiger partial charge in [-0.25, -0.2) is 0 Å². The van der Waals surface area contributed by atoms with E-state index in [9.17, 15) is 5.11 Å². The van der Waals surface area contributed by atoms with Gasteiger partial charge in [-0.15, -0.1) is 0 Å². The molecule has 3 heteroatoms. The third-order valence-corrected chi connectivity index (χ3v) is 3.23. The maximum absolute atomic E-state index is 10.3. The molecule has 0 heterocycles. The van der Waals surface area contributed by atoms with E-state index in [4.69, 9.17) is 16.3 Å². The number of rotatable bonds is 4. The Morgan fingerprint density at radius 3 is 2.68 bits per heavy atom. The quantitative estimate of drug-likeness (QED) is 0.917. The lowest BCUT2D eigenvalue weighted by atomic mass is 10.00. The molecule has 2 rings (SSSR count). The van der Waals surface area contributed by atoms with Gasteiger partial charge in [-0.2, -0.15) is 0 Å². The third-order valence-electron chi connectivity index (χ3n) is 3.01. The normalized spacial score (nSPS) is 12.2. The molecule has 0 aromatic heterocycles. The summed E-state index contributed by atoms with van der Waals surface area (Å²) in [6, 6.07) is 13.4. The van der Waals surface area contributed by atoms with Crippen LogP contribution < -0.4 is 4.74 Å². The first-order valence-corrected chi connectivity index (χ1v) is 6.54. The van der Waals surface area contributed by atoms with E-state index in [1.165, 1.54) is 0 Å². The van der Waals surface area contributed by atoms with Crippen molar-refractivity contribution in [3.63, 3.8) is 0 Å². The zero-order chi connectivity index (χ0) is 13.8. The summed E-state index contributed by atoms with van der Waals surface area (Å²) in [5, 5.41) is 10.9. The summed E-state index contributed by atoms with van der Waals surface area (Å²) in [6.07, 6.45) is -0.0266. The summed E-state index contributed by atoms with van der Waals surface area (Å²) in [7, 11) is 1.63. The molecule has 0 radical (unpaired) electrons. The average molecular weight is 277 g/mol. The summed E-state index contributed by atoms with van der Waals surface area (Å²) >= 11 is 6.01. The molecule has 1 atom stereocenters. The van der Waals surface area contributed by atoms with Crippen LogP contribution >= 0.6 is 11.6 Å². The van der Waals surface area contributed by atoms with Gasteiger partial charge in [0, 0.05) is 11.4 Å². The standard InChI is InChI=1S/C16H17ClO2/c1-11-6-13(10-14(17)7-11)16(18)9-12-4-3-5-15(8-12)19-2/h3-8,10,16,18H,9H2,1-2H3. The summed E-state index contributed by atoms with van der Waals surface area (Å²) in [4.78, 5) is 0. The molecule has 0 spiro atoms. The van der Waals surface area contributed by atoms with Crippen molar-refractivity contribution in [3.8, 4) is 5.75 Å². The zero-order valence-electron chi connectivity index (χ0n) is 11.1. The van der Waals surface area contributed by atoms with Crippen LogP contribution in [-0.4, -0.2) is 12.2 Å². The van der Waals surface area contributed by atoms with E-state index in [2.05, 4.69) is 0 Å². The summed E-state index contributed by atoms with van der Waals surface area (Å²) in [6.45, 7) is 1.97. The van der Waals surface area contributed by atoms with Gasteiger partial charge in [0.25, 0.3) is 0 Å². The van der Waals surface area contributed by atoms with E-state index in [-0.39, 0.29) is 0 Å². The van der Waals surface area contributed by atoms with E-state index >= 15 is 0 Å². The molecule has 100 valence electrons. The number of aliphatic hydroxyl groups is 1. The number of ether oxygens (including phenoxy) is 1. The molecule has 2 aromatic carbocycles. The molecule has 0 fully saturated rings. The van der Waals surface area contributed by atoms with Crippen LogP contribution in [0.2, 0.25) is 5.02 Å². The van der Waals surface area contributed by atoms with Crippen LogP contribution in [-0.2, 0) is 6.42 Å². The van der Waals surface area contributed by atoms with Crippen molar-refractivity contribution >= 4 is 11.6 Å². The van der Waals surface area contributed by atoms with E-state index in [0.29, 0.717) is 11.4 Å². The van der Waals surface area contributed by atoms with E-state index in [0.717, 1.165) is 22.4 Å². The highest BCUT2D eigenvalue weighted by Crippen LogP contribution is 2.24. The van der Waals surface area contributed by atoms with Crippen molar-refractivity contribution in [2.45, 2.75) is 19.4 Å². The number of halogens is 1. The Labute approximate surface area is 118 Å². The van der Waals surface area contributed by atoms with Crippen molar-refractivity contribution in [2.24, 2.45) is 0 Å². The van der Waals surface area contributed by atoms with Crippen LogP contribution in [0.1, 0.15) is 22.8 Å². The lowest BCUT2D eigenvalue weighted by Crippen LogP contribution is -2.02. The van der Waals surface area contributed by atoms with E-state index in [1.807, 2.05) is 43.3 Å². The first kappa shape index (κ1) is 13.9. The Morgan fingerprint density at radius 2 is 2.00 bits per heavy atom. The van der Waals surface area contributed by atoms with Gasteiger partial charge in [-0.05, 0) is 47.9 Å². The molecule has 2 aromatic rings. The second-order valence-corrected chi connectivity index (χ2v) is 5.07. The molecular formula is C16H17ClO2. The molecule has 0 bridgehead atoms. The minimum atomic E-state index is -0.565. The minimum absolute atomic E-state index is 0.539. The molecule has 2 nitrogen and oxygen atoms in total. The van der Waals surface area contributed by atoms with Gasteiger partial charge in [-0.1, -0.05) is 29.8 Å². The van der Waals surface area contributed by atoms with Gasteiger partial charge in [0.2, 0.25) is 0 Å². The Balaban J connectivity index is 2.17. The van der Waals surface area contributed by atoms with Gasteiger partial charge in [0.1, 0.15) is 5.75 Å². The van der Waals surface area contributed by atoms with Crippen LogP contribution in [0.4, 0.5) is 0 Å². The maximum atomic E-state index is 10.3. The molecule has 0 aliphatic carbocycles. The van der Waals surface area contributed by atoms with Crippen LogP contribution in [0, 0.1) is 6.92 Å². The molecule has 1 unspecified atom stereocenters. The van der Waals surface area contributed by atoms with Crippen molar-refractivity contribution in [1.82, 2.24) is 0 Å². The van der Waals surface area contributed by atoms with E-state index < -0.39 is 6.10 Å². The number of benzene rings is 2. The molecule has 0 aliphatic heterocycles. The molecule has 0 amide bonds. The fourth-order valence-electron chi connectivity index (χ4n) is 2.10.